The van der Waals surface area contributed by atoms with Crippen molar-refractivity contribution in [2.45, 2.75) is 38.6 Å². The molecule has 2 heteroatoms. The Kier molecular flexibility index (Phi) is 2.49. The normalized spacial score (nSPS) is 33.4. The SMILES string of the molecule is CC[C@@H]1CN2CCc3c([nH]c4ccccc34)C1C2C. The number of hydrogen-bond acceptors (Lipinski definition) is 1. The molecule has 1 saturated heterocycles. The molecule has 100 valence electrons. The minimum absolute atomic E-state index is 0.694. The van der Waals surface area contributed by atoms with E-state index in [9.17, 15) is 0 Å². The standard InChI is InChI=1S/C17H22N2/c1-3-12-10-19-9-8-14-13-6-4-5-7-15(13)18-17(14)16(12)11(19)2/h4-7,11-12,16,18H,3,8-10H2,1-2H3/t11?,12-,16?/m1/s1. The molecule has 0 aliphatic carbocycles. The van der Waals surface area contributed by atoms with Gasteiger partial charge in [0.05, 0.1) is 0 Å². The molecule has 2 nitrogen and oxygen atoms in total. The van der Waals surface area contributed by atoms with Crippen LogP contribution in [0.2, 0.25) is 0 Å². The Morgan fingerprint density at radius 2 is 2.16 bits per heavy atom. The van der Waals surface area contributed by atoms with E-state index in [1.54, 1.807) is 11.3 Å². The van der Waals surface area contributed by atoms with Crippen molar-refractivity contribution in [3.63, 3.8) is 0 Å². The summed E-state index contributed by atoms with van der Waals surface area (Å²) in [6, 6.07) is 9.51. The van der Waals surface area contributed by atoms with Crippen LogP contribution in [-0.4, -0.2) is 29.0 Å². The van der Waals surface area contributed by atoms with Gasteiger partial charge in [-0.25, -0.2) is 0 Å². The molecule has 1 aromatic carbocycles. The van der Waals surface area contributed by atoms with Crippen LogP contribution in [-0.2, 0) is 6.42 Å². The van der Waals surface area contributed by atoms with Gasteiger partial charge < -0.3 is 4.98 Å². The van der Waals surface area contributed by atoms with Crippen LogP contribution in [0.5, 0.6) is 0 Å². The molecule has 19 heavy (non-hydrogen) atoms. The molecule has 2 aliphatic heterocycles. The fourth-order valence-corrected chi connectivity index (χ4v) is 4.39. The van der Waals surface area contributed by atoms with Gasteiger partial charge in [-0.05, 0) is 30.9 Å². The summed E-state index contributed by atoms with van der Waals surface area (Å²) >= 11 is 0. The molecular formula is C17H22N2. The highest BCUT2D eigenvalue weighted by atomic mass is 15.2. The zero-order chi connectivity index (χ0) is 13.0. The average molecular weight is 254 g/mol. The lowest BCUT2D eigenvalue weighted by molar-refractivity contribution is 0.267. The molecule has 2 aromatic rings. The number of benzene rings is 1. The lowest BCUT2D eigenvalue weighted by Gasteiger charge is -2.21. The summed E-state index contributed by atoms with van der Waals surface area (Å²) in [4.78, 5) is 6.45. The number of fused-ring (bicyclic) bond motifs is 6. The second-order valence-electron chi connectivity index (χ2n) is 6.24. The first-order valence-electron chi connectivity index (χ1n) is 7.63. The minimum Gasteiger partial charge on any atom is -0.358 e. The summed E-state index contributed by atoms with van der Waals surface area (Å²) in [5.41, 5.74) is 4.46. The molecule has 0 amide bonds. The molecule has 0 spiro atoms. The number of rotatable bonds is 1. The molecule has 0 saturated carbocycles. The predicted molar refractivity (Wildman–Crippen MR) is 79.6 cm³/mol. The fraction of sp³-hybridized carbons (Fsp3) is 0.529. The van der Waals surface area contributed by atoms with Crippen molar-refractivity contribution in [2.75, 3.05) is 13.1 Å². The molecule has 1 fully saturated rings. The smallest absolute Gasteiger partial charge is 0.0459 e. The maximum absolute atomic E-state index is 3.75. The molecule has 3 heterocycles. The van der Waals surface area contributed by atoms with E-state index < -0.39 is 0 Å². The largest absolute Gasteiger partial charge is 0.358 e. The lowest BCUT2D eigenvalue weighted by atomic mass is 9.84. The highest BCUT2D eigenvalue weighted by molar-refractivity contribution is 5.85. The van der Waals surface area contributed by atoms with Gasteiger partial charge >= 0.3 is 0 Å². The van der Waals surface area contributed by atoms with Crippen molar-refractivity contribution in [1.82, 2.24) is 9.88 Å². The van der Waals surface area contributed by atoms with Gasteiger partial charge in [-0.15, -0.1) is 0 Å². The molecule has 4 atom stereocenters. The van der Waals surface area contributed by atoms with Crippen LogP contribution in [0.1, 0.15) is 37.4 Å². The number of H-pyrrole nitrogens is 1. The van der Waals surface area contributed by atoms with E-state index in [1.807, 2.05) is 0 Å². The van der Waals surface area contributed by atoms with Gasteiger partial charge in [-0.3, -0.25) is 4.90 Å². The van der Waals surface area contributed by atoms with Crippen LogP contribution in [0.25, 0.3) is 10.9 Å². The monoisotopic (exact) mass is 254 g/mol. The van der Waals surface area contributed by atoms with E-state index in [2.05, 4.69) is 48.0 Å². The highest BCUT2D eigenvalue weighted by Gasteiger charge is 2.42. The maximum Gasteiger partial charge on any atom is 0.0459 e. The summed E-state index contributed by atoms with van der Waals surface area (Å²) in [5, 5.41) is 1.45. The van der Waals surface area contributed by atoms with Gasteiger partial charge in [0.15, 0.2) is 0 Å². The van der Waals surface area contributed by atoms with E-state index in [4.69, 9.17) is 0 Å². The quantitative estimate of drug-likeness (QED) is 0.824. The number of aromatic amines is 1. The topological polar surface area (TPSA) is 19.0 Å². The first-order valence-corrected chi connectivity index (χ1v) is 7.63. The van der Waals surface area contributed by atoms with Crippen molar-refractivity contribution in [3.05, 3.63) is 35.5 Å². The number of para-hydroxylation sites is 1. The van der Waals surface area contributed by atoms with E-state index >= 15 is 0 Å². The molecule has 3 unspecified atom stereocenters. The van der Waals surface area contributed by atoms with Gasteiger partial charge in [0.25, 0.3) is 0 Å². The van der Waals surface area contributed by atoms with Crippen LogP contribution < -0.4 is 0 Å². The van der Waals surface area contributed by atoms with Crippen LogP contribution in [0.15, 0.2) is 24.3 Å². The Hall–Kier alpha value is -1.28. The zero-order valence-electron chi connectivity index (χ0n) is 11.8. The number of aromatic nitrogens is 1. The fourth-order valence-electron chi connectivity index (χ4n) is 4.39. The van der Waals surface area contributed by atoms with Crippen molar-refractivity contribution < 1.29 is 0 Å². The lowest BCUT2D eigenvalue weighted by Crippen LogP contribution is -2.29. The van der Waals surface area contributed by atoms with Gasteiger partial charge in [-0.2, -0.15) is 0 Å². The zero-order valence-corrected chi connectivity index (χ0v) is 11.8. The third kappa shape index (κ3) is 1.53. The molecule has 2 aliphatic rings. The molecule has 1 N–H and O–H groups in total. The molecule has 0 radical (unpaired) electrons. The molecule has 4 rings (SSSR count). The van der Waals surface area contributed by atoms with Gasteiger partial charge in [0.1, 0.15) is 0 Å². The Morgan fingerprint density at radius 1 is 1.32 bits per heavy atom. The Labute approximate surface area is 114 Å². The molecule has 1 aromatic heterocycles. The van der Waals surface area contributed by atoms with Crippen LogP contribution in [0, 0.1) is 5.92 Å². The Morgan fingerprint density at radius 3 is 3.00 bits per heavy atom. The number of nitrogens with zero attached hydrogens (tertiary/aromatic N) is 1. The molecular weight excluding hydrogens is 232 g/mol. The van der Waals surface area contributed by atoms with E-state index in [-0.39, 0.29) is 0 Å². The van der Waals surface area contributed by atoms with Gasteiger partial charge in [0, 0.05) is 41.6 Å². The van der Waals surface area contributed by atoms with E-state index in [1.165, 1.54) is 36.8 Å². The second kappa shape index (κ2) is 4.11. The first kappa shape index (κ1) is 11.5. The Bertz CT molecular complexity index is 613. The third-order valence-corrected chi connectivity index (χ3v) is 5.43. The summed E-state index contributed by atoms with van der Waals surface area (Å²) < 4.78 is 0. The first-order chi connectivity index (χ1) is 9.29. The van der Waals surface area contributed by atoms with E-state index in [0.717, 1.165) is 5.92 Å². The van der Waals surface area contributed by atoms with Crippen LogP contribution in [0.4, 0.5) is 0 Å². The summed E-state index contributed by atoms with van der Waals surface area (Å²) in [6.07, 6.45) is 2.50. The second-order valence-corrected chi connectivity index (χ2v) is 6.24. The number of hydrogen-bond donors (Lipinski definition) is 1. The summed E-state index contributed by atoms with van der Waals surface area (Å²) in [7, 11) is 0. The maximum atomic E-state index is 3.75. The summed E-state index contributed by atoms with van der Waals surface area (Å²) in [5.74, 6) is 1.53. The van der Waals surface area contributed by atoms with Crippen molar-refractivity contribution in [3.8, 4) is 0 Å². The predicted octanol–water partition coefficient (Wildman–Crippen LogP) is 3.54. The van der Waals surface area contributed by atoms with Crippen molar-refractivity contribution >= 4 is 10.9 Å². The van der Waals surface area contributed by atoms with E-state index in [0.29, 0.717) is 12.0 Å². The Balaban J connectivity index is 1.93. The summed E-state index contributed by atoms with van der Waals surface area (Å²) in [6.45, 7) is 7.28. The third-order valence-electron chi connectivity index (χ3n) is 5.43. The van der Waals surface area contributed by atoms with Crippen molar-refractivity contribution in [2.24, 2.45) is 5.92 Å². The average Bonchev–Trinajstić information content (AvgIpc) is 2.88. The van der Waals surface area contributed by atoms with Crippen molar-refractivity contribution in [1.29, 1.82) is 0 Å². The highest BCUT2D eigenvalue weighted by Crippen LogP contribution is 2.44. The van der Waals surface area contributed by atoms with Gasteiger partial charge in [-0.1, -0.05) is 31.5 Å². The van der Waals surface area contributed by atoms with Gasteiger partial charge in [0.2, 0.25) is 0 Å². The molecule has 2 bridgehead atoms. The van der Waals surface area contributed by atoms with Crippen LogP contribution >= 0.6 is 0 Å². The number of nitrogens with one attached hydrogen (secondary N) is 1. The van der Waals surface area contributed by atoms with Crippen LogP contribution in [0.3, 0.4) is 0 Å². The minimum atomic E-state index is 0.694.